The van der Waals surface area contributed by atoms with E-state index in [-0.39, 0.29) is 12.4 Å². The number of carbonyl (C=O) groups excluding carboxylic acids is 1. The van der Waals surface area contributed by atoms with Gasteiger partial charge in [0.2, 0.25) is 0 Å². The number of rotatable bonds is 3. The number of oxime groups is 1. The van der Waals surface area contributed by atoms with E-state index < -0.39 is 0 Å². The van der Waals surface area contributed by atoms with Gasteiger partial charge in [-0.15, -0.1) is 0 Å². The summed E-state index contributed by atoms with van der Waals surface area (Å²) in [6, 6.07) is 7.19. The molecule has 0 unspecified atom stereocenters. The van der Waals surface area contributed by atoms with Crippen molar-refractivity contribution < 1.29 is 14.7 Å². The molecule has 4 heteroatoms. The lowest BCUT2D eigenvalue weighted by molar-refractivity contribution is -0.141. The normalized spacial score (nSPS) is 9.71. The summed E-state index contributed by atoms with van der Waals surface area (Å²) in [5.74, 6) is 5.21. The molecule has 0 radical (unpaired) electrons. The van der Waals surface area contributed by atoms with Crippen molar-refractivity contribution >= 4 is 12.2 Å². The zero-order valence-corrected chi connectivity index (χ0v) is 9.51. The lowest BCUT2D eigenvalue weighted by Gasteiger charge is -1.96. The number of hydrogen-bond acceptors (Lipinski definition) is 4. The minimum Gasteiger partial charge on any atom is -0.465 e. The Bertz CT molecular complexity index is 469. The second-order valence-corrected chi connectivity index (χ2v) is 3.12. The third-order valence-electron chi connectivity index (χ3n) is 1.92. The molecular weight excluding hydrogens is 218 g/mol. The maximum atomic E-state index is 11.1. The largest absolute Gasteiger partial charge is 0.465 e. The Labute approximate surface area is 99.9 Å². The van der Waals surface area contributed by atoms with Gasteiger partial charge in [-0.05, 0) is 13.0 Å². The number of ether oxygens (including phenoxy) is 1. The van der Waals surface area contributed by atoms with Crippen molar-refractivity contribution in [3.8, 4) is 11.8 Å². The fourth-order valence-electron chi connectivity index (χ4n) is 1.21. The van der Waals surface area contributed by atoms with Crippen LogP contribution in [0, 0.1) is 11.8 Å². The second kappa shape index (κ2) is 7.07. The summed E-state index contributed by atoms with van der Waals surface area (Å²) in [5, 5.41) is 11.4. The molecule has 17 heavy (non-hydrogen) atoms. The lowest BCUT2D eigenvalue weighted by Crippen LogP contribution is -2.01. The Balaban J connectivity index is 2.74. The predicted molar refractivity (Wildman–Crippen MR) is 64.0 cm³/mol. The molecule has 1 aromatic carbocycles. The maximum absolute atomic E-state index is 11.1. The molecular formula is C13H13NO3. The van der Waals surface area contributed by atoms with Crippen LogP contribution in [0.4, 0.5) is 0 Å². The summed E-state index contributed by atoms with van der Waals surface area (Å²) in [5.41, 5.74) is 1.40. The molecule has 0 saturated heterocycles. The number of benzene rings is 1. The van der Waals surface area contributed by atoms with E-state index >= 15 is 0 Å². The van der Waals surface area contributed by atoms with Crippen molar-refractivity contribution in [2.24, 2.45) is 5.16 Å². The standard InChI is InChI=1S/C13H13NO3/c1-2-17-13(15)9-5-8-11-6-3-4-7-12(11)10-14-16/h3-4,6-7,10,16H,2,9H2,1H3. The Morgan fingerprint density at radius 1 is 1.53 bits per heavy atom. The number of hydrogen-bond donors (Lipinski definition) is 1. The van der Waals surface area contributed by atoms with E-state index in [4.69, 9.17) is 9.94 Å². The summed E-state index contributed by atoms with van der Waals surface area (Å²) in [7, 11) is 0. The average molecular weight is 231 g/mol. The van der Waals surface area contributed by atoms with E-state index in [0.29, 0.717) is 17.7 Å². The van der Waals surface area contributed by atoms with E-state index in [2.05, 4.69) is 17.0 Å². The van der Waals surface area contributed by atoms with Crippen molar-refractivity contribution in [2.45, 2.75) is 13.3 Å². The first kappa shape index (κ1) is 12.8. The van der Waals surface area contributed by atoms with Crippen LogP contribution in [0.5, 0.6) is 0 Å². The van der Waals surface area contributed by atoms with Gasteiger partial charge in [0.1, 0.15) is 6.42 Å². The first-order valence-corrected chi connectivity index (χ1v) is 5.19. The number of esters is 1. The van der Waals surface area contributed by atoms with Gasteiger partial charge >= 0.3 is 5.97 Å². The summed E-state index contributed by atoms with van der Waals surface area (Å²) in [6.07, 6.45) is 1.35. The maximum Gasteiger partial charge on any atom is 0.317 e. The van der Waals surface area contributed by atoms with E-state index in [1.165, 1.54) is 6.21 Å². The molecule has 0 spiro atoms. The molecule has 1 N–H and O–H groups in total. The molecule has 1 aromatic rings. The molecule has 1 rings (SSSR count). The summed E-state index contributed by atoms with van der Waals surface area (Å²) >= 11 is 0. The van der Waals surface area contributed by atoms with Crippen molar-refractivity contribution in [3.63, 3.8) is 0 Å². The average Bonchev–Trinajstić information content (AvgIpc) is 2.32. The van der Waals surface area contributed by atoms with Crippen molar-refractivity contribution in [1.82, 2.24) is 0 Å². The van der Waals surface area contributed by atoms with Gasteiger partial charge in [-0.25, -0.2) is 0 Å². The number of carbonyl (C=O) groups is 1. The monoisotopic (exact) mass is 231 g/mol. The SMILES string of the molecule is CCOC(=O)CC#Cc1ccccc1C=NO. The van der Waals surface area contributed by atoms with Crippen molar-refractivity contribution in [2.75, 3.05) is 6.61 Å². The van der Waals surface area contributed by atoms with Gasteiger partial charge in [-0.3, -0.25) is 4.79 Å². The van der Waals surface area contributed by atoms with Crippen LogP contribution in [-0.2, 0) is 9.53 Å². The summed E-state index contributed by atoms with van der Waals surface area (Å²) < 4.78 is 4.75. The van der Waals surface area contributed by atoms with E-state index in [0.717, 1.165) is 0 Å². The molecule has 0 aliphatic rings. The molecule has 0 amide bonds. The van der Waals surface area contributed by atoms with Crippen LogP contribution >= 0.6 is 0 Å². The minimum atomic E-state index is -0.340. The Kier molecular flexibility index (Phi) is 5.32. The topological polar surface area (TPSA) is 58.9 Å². The fraction of sp³-hybridized carbons (Fsp3) is 0.231. The highest BCUT2D eigenvalue weighted by Gasteiger charge is 1.98. The molecule has 0 saturated carbocycles. The van der Waals surface area contributed by atoms with Gasteiger partial charge in [-0.2, -0.15) is 0 Å². The van der Waals surface area contributed by atoms with Crippen LogP contribution < -0.4 is 0 Å². The van der Waals surface area contributed by atoms with Crippen molar-refractivity contribution in [1.29, 1.82) is 0 Å². The Hall–Kier alpha value is -2.28. The van der Waals surface area contributed by atoms with Crippen LogP contribution in [0.15, 0.2) is 29.4 Å². The molecule has 88 valence electrons. The van der Waals surface area contributed by atoms with Crippen LogP contribution in [0.25, 0.3) is 0 Å². The highest BCUT2D eigenvalue weighted by atomic mass is 16.5. The highest BCUT2D eigenvalue weighted by molar-refractivity contribution is 5.83. The first-order chi connectivity index (χ1) is 8.27. The Morgan fingerprint density at radius 3 is 3.00 bits per heavy atom. The third kappa shape index (κ3) is 4.39. The predicted octanol–water partition coefficient (Wildman–Crippen LogP) is 1.80. The summed E-state index contributed by atoms with van der Waals surface area (Å²) in [4.78, 5) is 11.1. The van der Waals surface area contributed by atoms with Crippen LogP contribution in [-0.4, -0.2) is 24.0 Å². The minimum absolute atomic E-state index is 0.0540. The van der Waals surface area contributed by atoms with E-state index in [1.807, 2.05) is 12.1 Å². The fourth-order valence-corrected chi connectivity index (χ4v) is 1.21. The molecule has 0 aromatic heterocycles. The number of nitrogens with zero attached hydrogens (tertiary/aromatic N) is 1. The van der Waals surface area contributed by atoms with Gasteiger partial charge in [0.05, 0.1) is 12.8 Å². The van der Waals surface area contributed by atoms with Gasteiger partial charge in [-0.1, -0.05) is 35.2 Å². The van der Waals surface area contributed by atoms with Gasteiger partial charge in [0, 0.05) is 11.1 Å². The molecule has 0 fully saturated rings. The first-order valence-electron chi connectivity index (χ1n) is 5.19. The zero-order chi connectivity index (χ0) is 12.5. The highest BCUT2D eigenvalue weighted by Crippen LogP contribution is 2.04. The van der Waals surface area contributed by atoms with Crippen LogP contribution in [0.3, 0.4) is 0 Å². The molecule has 0 heterocycles. The van der Waals surface area contributed by atoms with Gasteiger partial charge in [0.15, 0.2) is 0 Å². The Morgan fingerprint density at radius 2 is 2.29 bits per heavy atom. The third-order valence-corrected chi connectivity index (χ3v) is 1.92. The molecule has 0 atom stereocenters. The molecule has 0 aliphatic heterocycles. The molecule has 4 nitrogen and oxygen atoms in total. The second-order valence-electron chi connectivity index (χ2n) is 3.12. The van der Waals surface area contributed by atoms with Crippen molar-refractivity contribution in [3.05, 3.63) is 35.4 Å². The van der Waals surface area contributed by atoms with E-state index in [9.17, 15) is 4.79 Å². The molecule has 0 bridgehead atoms. The smallest absolute Gasteiger partial charge is 0.317 e. The summed E-state index contributed by atoms with van der Waals surface area (Å²) in [6.45, 7) is 2.10. The van der Waals surface area contributed by atoms with Gasteiger partial charge < -0.3 is 9.94 Å². The zero-order valence-electron chi connectivity index (χ0n) is 9.51. The quantitative estimate of drug-likeness (QED) is 0.284. The van der Waals surface area contributed by atoms with Crippen LogP contribution in [0.2, 0.25) is 0 Å². The molecule has 0 aliphatic carbocycles. The van der Waals surface area contributed by atoms with E-state index in [1.54, 1.807) is 19.1 Å². The van der Waals surface area contributed by atoms with Gasteiger partial charge in [0.25, 0.3) is 0 Å². The van der Waals surface area contributed by atoms with Crippen LogP contribution in [0.1, 0.15) is 24.5 Å². The lowest BCUT2D eigenvalue weighted by atomic mass is 10.1.